The molecule has 11 heavy (non-hydrogen) atoms. The summed E-state index contributed by atoms with van der Waals surface area (Å²) in [5, 5.41) is 8.89. The fourth-order valence-corrected chi connectivity index (χ4v) is 1.11. The fraction of sp³-hybridized carbons (Fsp3) is 0.714. The lowest BCUT2D eigenvalue weighted by Gasteiger charge is -2.22. The third kappa shape index (κ3) is 2.22. The molecule has 2 unspecified atom stereocenters. The highest BCUT2D eigenvalue weighted by atomic mass is 19.4. The number of aliphatic hydroxyl groups is 1. The number of allylic oxidation sites excluding steroid dienone is 1. The van der Waals surface area contributed by atoms with E-state index in [0.29, 0.717) is 6.42 Å². The van der Waals surface area contributed by atoms with E-state index in [0.717, 1.165) is 6.08 Å². The van der Waals surface area contributed by atoms with Crippen molar-refractivity contribution in [2.24, 2.45) is 5.92 Å². The third-order valence-corrected chi connectivity index (χ3v) is 1.72. The van der Waals surface area contributed by atoms with E-state index in [1.807, 2.05) is 0 Å². The van der Waals surface area contributed by atoms with Gasteiger partial charge in [-0.15, -0.1) is 0 Å². The molecule has 0 radical (unpaired) electrons. The monoisotopic (exact) mass is 166 g/mol. The molecule has 0 heterocycles. The Hall–Kier alpha value is -0.510. The highest BCUT2D eigenvalue weighted by Crippen LogP contribution is 2.33. The molecule has 0 bridgehead atoms. The van der Waals surface area contributed by atoms with Crippen molar-refractivity contribution in [1.82, 2.24) is 0 Å². The summed E-state index contributed by atoms with van der Waals surface area (Å²) in [6, 6.07) is 0. The van der Waals surface area contributed by atoms with Gasteiger partial charge in [-0.05, 0) is 12.8 Å². The van der Waals surface area contributed by atoms with Crippen LogP contribution in [0.4, 0.5) is 13.2 Å². The van der Waals surface area contributed by atoms with Crippen molar-refractivity contribution in [2.75, 3.05) is 0 Å². The third-order valence-electron chi connectivity index (χ3n) is 1.72. The topological polar surface area (TPSA) is 20.2 Å². The number of alkyl halides is 3. The summed E-state index contributed by atoms with van der Waals surface area (Å²) in [6.07, 6.45) is -2.38. The van der Waals surface area contributed by atoms with Crippen molar-refractivity contribution >= 4 is 0 Å². The zero-order valence-corrected chi connectivity index (χ0v) is 5.80. The van der Waals surface area contributed by atoms with Gasteiger partial charge in [0.25, 0.3) is 0 Å². The summed E-state index contributed by atoms with van der Waals surface area (Å²) in [5.41, 5.74) is 0. The van der Waals surface area contributed by atoms with Gasteiger partial charge in [-0.1, -0.05) is 12.2 Å². The first-order valence-electron chi connectivity index (χ1n) is 3.41. The maximum atomic E-state index is 12.0. The zero-order chi connectivity index (χ0) is 8.48. The van der Waals surface area contributed by atoms with Gasteiger partial charge in [0.05, 0.1) is 12.0 Å². The first-order chi connectivity index (χ1) is 5.00. The summed E-state index contributed by atoms with van der Waals surface area (Å²) < 4.78 is 35.9. The Morgan fingerprint density at radius 1 is 1.36 bits per heavy atom. The van der Waals surface area contributed by atoms with E-state index in [1.54, 1.807) is 0 Å². The van der Waals surface area contributed by atoms with Gasteiger partial charge in [0.1, 0.15) is 0 Å². The Balaban J connectivity index is 2.60. The second-order valence-corrected chi connectivity index (χ2v) is 2.70. The van der Waals surface area contributed by atoms with Gasteiger partial charge in [0, 0.05) is 0 Å². The van der Waals surface area contributed by atoms with Crippen LogP contribution < -0.4 is 0 Å². The Labute approximate surface area is 62.5 Å². The molecule has 0 aromatic carbocycles. The Kier molecular flexibility index (Phi) is 2.23. The lowest BCUT2D eigenvalue weighted by atomic mass is 9.93. The molecule has 0 aromatic rings. The number of rotatable bonds is 0. The first kappa shape index (κ1) is 8.59. The molecular formula is C7H9F3O. The van der Waals surface area contributed by atoms with Gasteiger partial charge in [-0.25, -0.2) is 0 Å². The lowest BCUT2D eigenvalue weighted by Crippen LogP contribution is -2.27. The minimum atomic E-state index is -4.20. The number of hydrogen-bond acceptors (Lipinski definition) is 1. The minimum absolute atomic E-state index is 0.194. The maximum Gasteiger partial charge on any atom is 0.395 e. The number of hydrogen-bond donors (Lipinski definition) is 1. The van der Waals surface area contributed by atoms with Crippen LogP contribution >= 0.6 is 0 Å². The molecule has 1 nitrogen and oxygen atoms in total. The van der Waals surface area contributed by atoms with Crippen LogP contribution in [-0.4, -0.2) is 17.4 Å². The van der Waals surface area contributed by atoms with E-state index in [9.17, 15) is 13.2 Å². The molecule has 4 heteroatoms. The van der Waals surface area contributed by atoms with E-state index in [-0.39, 0.29) is 6.42 Å². The number of aliphatic hydroxyl groups excluding tert-OH is 1. The molecule has 0 saturated heterocycles. The van der Waals surface area contributed by atoms with Crippen LogP contribution in [-0.2, 0) is 0 Å². The average molecular weight is 166 g/mol. The molecule has 1 rings (SSSR count). The van der Waals surface area contributed by atoms with Crippen LogP contribution in [0.3, 0.4) is 0 Å². The summed E-state index contributed by atoms with van der Waals surface area (Å²) in [7, 11) is 0. The van der Waals surface area contributed by atoms with Crippen LogP contribution in [0.2, 0.25) is 0 Å². The molecule has 1 aliphatic carbocycles. The molecule has 1 N–H and O–H groups in total. The molecule has 1 aliphatic rings. The van der Waals surface area contributed by atoms with E-state index < -0.39 is 18.2 Å². The molecule has 0 aromatic heterocycles. The second kappa shape index (κ2) is 2.85. The second-order valence-electron chi connectivity index (χ2n) is 2.70. The molecule has 2 atom stereocenters. The predicted octanol–water partition coefficient (Wildman–Crippen LogP) is 1.88. The van der Waals surface area contributed by atoms with Gasteiger partial charge >= 0.3 is 6.18 Å². The van der Waals surface area contributed by atoms with Crippen molar-refractivity contribution in [1.29, 1.82) is 0 Å². The van der Waals surface area contributed by atoms with E-state index in [1.165, 1.54) is 6.08 Å². The van der Waals surface area contributed by atoms with Gasteiger partial charge in [0.15, 0.2) is 0 Å². The average Bonchev–Trinajstić information content (AvgIpc) is 1.86. The maximum absolute atomic E-state index is 12.0. The van der Waals surface area contributed by atoms with Crippen LogP contribution in [0.1, 0.15) is 12.8 Å². The Bertz CT molecular complexity index is 162. The van der Waals surface area contributed by atoms with Crippen LogP contribution in [0, 0.1) is 5.92 Å². The van der Waals surface area contributed by atoms with Crippen LogP contribution in [0.5, 0.6) is 0 Å². The summed E-state index contributed by atoms with van der Waals surface area (Å²) >= 11 is 0. The smallest absolute Gasteiger partial charge is 0.393 e. The standard InChI is InChI=1S/C7H9F3O/c8-7(9,10)5-2-1-3-6(11)4-5/h1-2,5-6,11H,3-4H2. The number of halogens is 3. The largest absolute Gasteiger partial charge is 0.395 e. The Morgan fingerprint density at radius 3 is 2.36 bits per heavy atom. The van der Waals surface area contributed by atoms with Gasteiger partial charge < -0.3 is 5.11 Å². The van der Waals surface area contributed by atoms with Crippen LogP contribution in [0.25, 0.3) is 0 Å². The summed E-state index contributed by atoms with van der Waals surface area (Å²) in [6.45, 7) is 0. The minimum Gasteiger partial charge on any atom is -0.393 e. The van der Waals surface area contributed by atoms with E-state index in [2.05, 4.69) is 0 Å². The Morgan fingerprint density at radius 2 is 2.00 bits per heavy atom. The molecule has 0 fully saturated rings. The summed E-state index contributed by atoms with van der Waals surface area (Å²) in [5.74, 6) is -1.45. The molecular weight excluding hydrogens is 157 g/mol. The molecule has 0 saturated carbocycles. The first-order valence-corrected chi connectivity index (χ1v) is 3.41. The van der Waals surface area contributed by atoms with Gasteiger partial charge in [-0.2, -0.15) is 13.2 Å². The zero-order valence-electron chi connectivity index (χ0n) is 5.80. The van der Waals surface area contributed by atoms with E-state index in [4.69, 9.17) is 5.11 Å². The molecule has 0 spiro atoms. The lowest BCUT2D eigenvalue weighted by molar-refractivity contribution is -0.169. The van der Waals surface area contributed by atoms with Crippen LogP contribution in [0.15, 0.2) is 12.2 Å². The van der Waals surface area contributed by atoms with Crippen molar-refractivity contribution in [3.05, 3.63) is 12.2 Å². The molecule has 0 amide bonds. The quantitative estimate of drug-likeness (QED) is 0.545. The summed E-state index contributed by atoms with van der Waals surface area (Å²) in [4.78, 5) is 0. The van der Waals surface area contributed by atoms with E-state index >= 15 is 0 Å². The molecule has 0 aliphatic heterocycles. The van der Waals surface area contributed by atoms with Crippen molar-refractivity contribution in [3.63, 3.8) is 0 Å². The highest BCUT2D eigenvalue weighted by Gasteiger charge is 2.39. The fourth-order valence-electron chi connectivity index (χ4n) is 1.11. The van der Waals surface area contributed by atoms with Gasteiger partial charge in [0.2, 0.25) is 0 Å². The SMILES string of the molecule is OC1CC=CC(C(F)(F)F)C1. The van der Waals surface area contributed by atoms with Crippen molar-refractivity contribution in [2.45, 2.75) is 25.1 Å². The highest BCUT2D eigenvalue weighted by molar-refractivity contribution is 4.99. The van der Waals surface area contributed by atoms with Gasteiger partial charge in [-0.3, -0.25) is 0 Å². The predicted molar refractivity (Wildman–Crippen MR) is 33.9 cm³/mol. The van der Waals surface area contributed by atoms with Crippen molar-refractivity contribution in [3.8, 4) is 0 Å². The normalized spacial score (nSPS) is 32.4. The van der Waals surface area contributed by atoms with Crippen molar-refractivity contribution < 1.29 is 18.3 Å². The molecule has 64 valence electrons.